The molecule has 2 amide bonds. The third kappa shape index (κ3) is 2.89. The van der Waals surface area contributed by atoms with Crippen LogP contribution in [0.25, 0.3) is 0 Å². The van der Waals surface area contributed by atoms with Crippen LogP contribution in [-0.2, 0) is 16.1 Å². The van der Waals surface area contributed by atoms with E-state index in [1.165, 1.54) is 6.42 Å². The number of likely N-dealkylation sites (tertiary alicyclic amines) is 1. The molecular formula is C18H25N3O2. The van der Waals surface area contributed by atoms with E-state index in [1.807, 2.05) is 24.5 Å². The first-order valence-corrected chi connectivity index (χ1v) is 8.88. The lowest BCUT2D eigenvalue weighted by molar-refractivity contribution is -0.148. The Hall–Kier alpha value is -1.78. The van der Waals surface area contributed by atoms with Gasteiger partial charge in [-0.15, -0.1) is 0 Å². The van der Waals surface area contributed by atoms with Crippen LogP contribution in [0, 0.1) is 11.8 Å². The second-order valence-corrected chi connectivity index (χ2v) is 7.34. The molecule has 0 radical (unpaired) electrons. The quantitative estimate of drug-likeness (QED) is 0.853. The van der Waals surface area contributed by atoms with Gasteiger partial charge in [0.2, 0.25) is 11.8 Å². The van der Waals surface area contributed by atoms with Crippen molar-refractivity contribution < 1.29 is 9.59 Å². The van der Waals surface area contributed by atoms with Crippen molar-refractivity contribution in [1.29, 1.82) is 0 Å². The largest absolute Gasteiger partial charge is 0.354 e. The number of aryl methyl sites for hydroxylation is 1. The zero-order valence-corrected chi connectivity index (χ0v) is 13.6. The molecule has 124 valence electrons. The van der Waals surface area contributed by atoms with Crippen molar-refractivity contribution in [3.8, 4) is 0 Å². The number of piperidine rings is 3. The van der Waals surface area contributed by atoms with Crippen LogP contribution in [0.15, 0.2) is 24.5 Å². The SMILES string of the molecule is O=C(CCn1cccc1)N1C[C@H]2C[C@@H](C1)[C@H]1CCCC(=O)N1C2. The molecule has 0 spiro atoms. The van der Waals surface area contributed by atoms with Gasteiger partial charge in [0.05, 0.1) is 0 Å². The van der Waals surface area contributed by atoms with Crippen LogP contribution < -0.4 is 0 Å². The molecule has 3 saturated heterocycles. The molecule has 0 aromatic carbocycles. The highest BCUT2D eigenvalue weighted by atomic mass is 16.2. The Morgan fingerprint density at radius 1 is 1.17 bits per heavy atom. The second-order valence-electron chi connectivity index (χ2n) is 7.34. The fourth-order valence-electron chi connectivity index (χ4n) is 4.72. The number of rotatable bonds is 3. The molecule has 2 bridgehead atoms. The predicted molar refractivity (Wildman–Crippen MR) is 86.6 cm³/mol. The molecule has 5 nitrogen and oxygen atoms in total. The Kier molecular flexibility index (Phi) is 3.87. The molecule has 4 rings (SSSR count). The van der Waals surface area contributed by atoms with Crippen LogP contribution >= 0.6 is 0 Å². The van der Waals surface area contributed by atoms with Crippen LogP contribution in [0.4, 0.5) is 0 Å². The van der Waals surface area contributed by atoms with Gasteiger partial charge in [0.25, 0.3) is 0 Å². The molecule has 3 atom stereocenters. The van der Waals surface area contributed by atoms with E-state index in [4.69, 9.17) is 0 Å². The van der Waals surface area contributed by atoms with E-state index < -0.39 is 0 Å². The van der Waals surface area contributed by atoms with Crippen LogP contribution in [0.2, 0.25) is 0 Å². The topological polar surface area (TPSA) is 45.6 Å². The van der Waals surface area contributed by atoms with Gasteiger partial charge >= 0.3 is 0 Å². The highest BCUT2D eigenvalue weighted by molar-refractivity contribution is 5.78. The summed E-state index contributed by atoms with van der Waals surface area (Å²) in [5.41, 5.74) is 0. The minimum Gasteiger partial charge on any atom is -0.354 e. The lowest BCUT2D eigenvalue weighted by Crippen LogP contribution is -2.61. The summed E-state index contributed by atoms with van der Waals surface area (Å²) in [4.78, 5) is 28.9. The molecule has 3 aliphatic heterocycles. The van der Waals surface area contributed by atoms with Crippen molar-refractivity contribution in [2.75, 3.05) is 19.6 Å². The van der Waals surface area contributed by atoms with Crippen molar-refractivity contribution >= 4 is 11.8 Å². The van der Waals surface area contributed by atoms with Crippen molar-refractivity contribution in [1.82, 2.24) is 14.4 Å². The number of nitrogens with zero attached hydrogens (tertiary/aromatic N) is 3. The number of carbonyl (C=O) groups excluding carboxylic acids is 2. The summed E-state index contributed by atoms with van der Waals surface area (Å²) in [7, 11) is 0. The maximum atomic E-state index is 12.6. The van der Waals surface area contributed by atoms with E-state index in [0.29, 0.717) is 30.2 Å². The van der Waals surface area contributed by atoms with Crippen molar-refractivity contribution in [2.45, 2.75) is 44.7 Å². The van der Waals surface area contributed by atoms with Gasteiger partial charge in [-0.3, -0.25) is 9.59 Å². The summed E-state index contributed by atoms with van der Waals surface area (Å²) in [6, 6.07) is 4.36. The fraction of sp³-hybridized carbons (Fsp3) is 0.667. The number of hydrogen-bond donors (Lipinski definition) is 0. The number of aromatic nitrogens is 1. The Morgan fingerprint density at radius 2 is 2.00 bits per heavy atom. The first-order chi connectivity index (χ1) is 11.2. The zero-order chi connectivity index (χ0) is 15.8. The summed E-state index contributed by atoms with van der Waals surface area (Å²) in [5.74, 6) is 1.57. The molecule has 1 aromatic rings. The maximum absolute atomic E-state index is 12.6. The smallest absolute Gasteiger partial charge is 0.224 e. The normalized spacial score (nSPS) is 30.3. The molecule has 4 heterocycles. The highest BCUT2D eigenvalue weighted by Crippen LogP contribution is 2.38. The summed E-state index contributed by atoms with van der Waals surface area (Å²) in [6.07, 6.45) is 8.62. The second kappa shape index (κ2) is 6.02. The van der Waals surface area contributed by atoms with Gasteiger partial charge < -0.3 is 14.4 Å². The van der Waals surface area contributed by atoms with Crippen molar-refractivity contribution in [2.24, 2.45) is 11.8 Å². The molecule has 1 aromatic heterocycles. The van der Waals surface area contributed by atoms with Crippen molar-refractivity contribution in [3.05, 3.63) is 24.5 Å². The molecule has 23 heavy (non-hydrogen) atoms. The van der Waals surface area contributed by atoms with Crippen LogP contribution in [0.3, 0.4) is 0 Å². The van der Waals surface area contributed by atoms with Gasteiger partial charge in [-0.25, -0.2) is 0 Å². The number of carbonyl (C=O) groups is 2. The molecule has 0 saturated carbocycles. The zero-order valence-electron chi connectivity index (χ0n) is 13.6. The molecular weight excluding hydrogens is 290 g/mol. The standard InChI is InChI=1S/C18H25N3O2/c22-17(6-9-19-7-1-2-8-19)20-11-14-10-15(13-20)16-4-3-5-18(23)21(16)12-14/h1-2,7-8,14-16H,3-6,9-13H2/t14-,15+,16-/m1/s1. The number of fused-ring (bicyclic) bond motifs is 4. The molecule has 0 N–H and O–H groups in total. The van der Waals surface area contributed by atoms with Crippen LogP contribution in [0.5, 0.6) is 0 Å². The third-order valence-electron chi connectivity index (χ3n) is 5.78. The first kappa shape index (κ1) is 14.8. The van der Waals surface area contributed by atoms with E-state index in [2.05, 4.69) is 14.4 Å². The molecule has 0 unspecified atom stereocenters. The Labute approximate surface area is 137 Å². The lowest BCUT2D eigenvalue weighted by Gasteiger charge is -2.52. The monoisotopic (exact) mass is 315 g/mol. The van der Waals surface area contributed by atoms with Gasteiger partial charge in [0.15, 0.2) is 0 Å². The summed E-state index contributed by atoms with van der Waals surface area (Å²) in [6.45, 7) is 3.29. The van der Waals surface area contributed by atoms with E-state index in [9.17, 15) is 9.59 Å². The number of amides is 2. The average molecular weight is 315 g/mol. The Balaban J connectivity index is 1.39. The first-order valence-electron chi connectivity index (χ1n) is 8.88. The van der Waals surface area contributed by atoms with Crippen LogP contribution in [-0.4, -0.2) is 51.9 Å². The Bertz CT molecular complexity index is 583. The van der Waals surface area contributed by atoms with E-state index in [1.54, 1.807) is 0 Å². The van der Waals surface area contributed by atoms with Gasteiger partial charge in [0, 0.05) is 57.5 Å². The van der Waals surface area contributed by atoms with Gasteiger partial charge in [-0.1, -0.05) is 0 Å². The molecule has 3 aliphatic rings. The van der Waals surface area contributed by atoms with E-state index >= 15 is 0 Å². The predicted octanol–water partition coefficient (Wildman–Crippen LogP) is 1.74. The highest BCUT2D eigenvalue weighted by Gasteiger charge is 2.44. The minimum atomic E-state index is 0.268. The van der Waals surface area contributed by atoms with Crippen molar-refractivity contribution in [3.63, 3.8) is 0 Å². The third-order valence-corrected chi connectivity index (χ3v) is 5.78. The Morgan fingerprint density at radius 3 is 2.83 bits per heavy atom. The molecule has 5 heteroatoms. The maximum Gasteiger partial charge on any atom is 0.224 e. The van der Waals surface area contributed by atoms with E-state index in [-0.39, 0.29) is 5.91 Å². The van der Waals surface area contributed by atoms with Gasteiger partial charge in [-0.2, -0.15) is 0 Å². The molecule has 0 aliphatic carbocycles. The summed E-state index contributed by atoms with van der Waals surface area (Å²) in [5, 5.41) is 0. The number of hydrogen-bond acceptors (Lipinski definition) is 2. The molecule has 3 fully saturated rings. The average Bonchev–Trinajstić information content (AvgIpc) is 3.07. The summed E-state index contributed by atoms with van der Waals surface area (Å²) >= 11 is 0. The summed E-state index contributed by atoms with van der Waals surface area (Å²) < 4.78 is 2.06. The van der Waals surface area contributed by atoms with E-state index in [0.717, 1.165) is 45.4 Å². The minimum absolute atomic E-state index is 0.268. The van der Waals surface area contributed by atoms with Gasteiger partial charge in [0.1, 0.15) is 0 Å². The lowest BCUT2D eigenvalue weighted by atomic mass is 9.76. The van der Waals surface area contributed by atoms with Crippen LogP contribution in [0.1, 0.15) is 32.1 Å². The van der Waals surface area contributed by atoms with Gasteiger partial charge in [-0.05, 0) is 43.2 Å². The fourth-order valence-corrected chi connectivity index (χ4v) is 4.72.